The molecule has 1 aromatic rings. The van der Waals surface area contributed by atoms with E-state index in [1.807, 2.05) is 0 Å². The van der Waals surface area contributed by atoms with E-state index in [1.54, 1.807) is 13.8 Å². The lowest BCUT2D eigenvalue weighted by molar-refractivity contribution is -0.385. The molecule has 1 saturated heterocycles. The molecule has 0 spiro atoms. The number of amides is 1. The predicted octanol–water partition coefficient (Wildman–Crippen LogP) is 1.84. The van der Waals surface area contributed by atoms with Gasteiger partial charge in [0, 0.05) is 29.8 Å². The number of carbonyl (C=O) groups excluding carboxylic acids is 1. The second kappa shape index (κ2) is 5.51. The van der Waals surface area contributed by atoms with E-state index >= 15 is 0 Å². The van der Waals surface area contributed by atoms with Crippen LogP contribution in [-0.4, -0.2) is 39.4 Å². The Labute approximate surface area is 121 Å². The summed E-state index contributed by atoms with van der Waals surface area (Å²) >= 11 is 0. The number of likely N-dealkylation sites (tertiary alicyclic amines) is 1. The van der Waals surface area contributed by atoms with Crippen LogP contribution >= 0.6 is 0 Å². The number of carboxylic acid groups (broad SMARTS) is 1. The van der Waals surface area contributed by atoms with Gasteiger partial charge in [0.2, 0.25) is 0 Å². The summed E-state index contributed by atoms with van der Waals surface area (Å²) in [5.74, 6) is -1.75. The van der Waals surface area contributed by atoms with Gasteiger partial charge in [0.15, 0.2) is 0 Å². The molecule has 21 heavy (non-hydrogen) atoms. The minimum atomic E-state index is -0.905. The summed E-state index contributed by atoms with van der Waals surface area (Å²) in [6.07, 6.45) is 0.425. The van der Waals surface area contributed by atoms with Crippen LogP contribution in [0.4, 0.5) is 5.69 Å². The molecule has 2 atom stereocenters. The van der Waals surface area contributed by atoms with Crippen molar-refractivity contribution in [2.45, 2.75) is 26.3 Å². The number of rotatable bonds is 3. The van der Waals surface area contributed by atoms with Crippen LogP contribution in [0.2, 0.25) is 0 Å². The highest BCUT2D eigenvalue weighted by molar-refractivity contribution is 5.95. The number of nitrogens with zero attached hydrogens (tertiary/aromatic N) is 2. The number of carbonyl (C=O) groups is 2. The molecule has 0 saturated carbocycles. The van der Waals surface area contributed by atoms with E-state index < -0.39 is 16.8 Å². The Kier molecular flexibility index (Phi) is 3.93. The Morgan fingerprint density at radius 1 is 1.43 bits per heavy atom. The lowest BCUT2D eigenvalue weighted by atomic mass is 10.0. The maximum Gasteiger partial charge on any atom is 0.308 e. The standard InChI is InChI=1S/C14H16N2O5/c1-8-7-10(3-4-12(8)16(20)21)13(17)15-6-5-11(9(15)2)14(18)19/h3-4,7,9,11H,5-6H2,1-2H3,(H,18,19). The fourth-order valence-corrected chi connectivity index (χ4v) is 2.72. The van der Waals surface area contributed by atoms with Crippen molar-refractivity contribution in [2.75, 3.05) is 6.54 Å². The minimum absolute atomic E-state index is 0.0376. The molecule has 1 aromatic carbocycles. The van der Waals surface area contributed by atoms with E-state index in [9.17, 15) is 19.7 Å². The van der Waals surface area contributed by atoms with Gasteiger partial charge in [0.05, 0.1) is 10.8 Å². The zero-order valence-electron chi connectivity index (χ0n) is 11.8. The van der Waals surface area contributed by atoms with Gasteiger partial charge in [0.1, 0.15) is 0 Å². The maximum atomic E-state index is 12.4. The third-order valence-electron chi connectivity index (χ3n) is 3.97. The summed E-state index contributed by atoms with van der Waals surface area (Å²) in [6.45, 7) is 3.66. The van der Waals surface area contributed by atoms with E-state index in [0.29, 0.717) is 24.1 Å². The fourth-order valence-electron chi connectivity index (χ4n) is 2.72. The molecule has 0 radical (unpaired) electrons. The van der Waals surface area contributed by atoms with Gasteiger partial charge in [-0.25, -0.2) is 0 Å². The number of benzene rings is 1. The topological polar surface area (TPSA) is 101 Å². The molecule has 112 valence electrons. The summed E-state index contributed by atoms with van der Waals surface area (Å²) in [4.78, 5) is 35.3. The van der Waals surface area contributed by atoms with Gasteiger partial charge in [-0.05, 0) is 32.4 Å². The minimum Gasteiger partial charge on any atom is -0.481 e. The van der Waals surface area contributed by atoms with Crippen molar-refractivity contribution >= 4 is 17.6 Å². The zero-order valence-corrected chi connectivity index (χ0v) is 11.8. The molecule has 1 amide bonds. The highest BCUT2D eigenvalue weighted by Gasteiger charge is 2.38. The van der Waals surface area contributed by atoms with Crippen molar-refractivity contribution < 1.29 is 19.6 Å². The molecular formula is C14H16N2O5. The first kappa shape index (κ1) is 15.0. The highest BCUT2D eigenvalue weighted by Crippen LogP contribution is 2.27. The van der Waals surface area contributed by atoms with Crippen LogP contribution in [0.1, 0.15) is 29.3 Å². The Balaban J connectivity index is 2.23. The van der Waals surface area contributed by atoms with Crippen molar-refractivity contribution in [1.29, 1.82) is 0 Å². The Morgan fingerprint density at radius 3 is 2.57 bits per heavy atom. The molecule has 1 aliphatic heterocycles. The number of aliphatic carboxylic acids is 1. The number of hydrogen-bond acceptors (Lipinski definition) is 4. The normalized spacial score (nSPS) is 21.3. The van der Waals surface area contributed by atoms with Gasteiger partial charge >= 0.3 is 5.97 Å². The summed E-state index contributed by atoms with van der Waals surface area (Å²) in [7, 11) is 0. The first-order valence-corrected chi connectivity index (χ1v) is 6.61. The number of nitro groups is 1. The highest BCUT2D eigenvalue weighted by atomic mass is 16.6. The monoisotopic (exact) mass is 292 g/mol. The first-order chi connectivity index (χ1) is 9.82. The molecule has 0 aromatic heterocycles. The van der Waals surface area contributed by atoms with Crippen LogP contribution in [0.5, 0.6) is 0 Å². The zero-order chi connectivity index (χ0) is 15.7. The number of nitro benzene ring substituents is 1. The van der Waals surface area contributed by atoms with E-state index in [2.05, 4.69) is 0 Å². The second-order valence-electron chi connectivity index (χ2n) is 5.23. The molecule has 1 heterocycles. The SMILES string of the molecule is Cc1cc(C(=O)N2CCC(C(=O)O)C2C)ccc1[N+](=O)[O-]. The average Bonchev–Trinajstić information content (AvgIpc) is 2.79. The van der Waals surface area contributed by atoms with E-state index in [0.717, 1.165) is 0 Å². The first-order valence-electron chi connectivity index (χ1n) is 6.61. The molecular weight excluding hydrogens is 276 g/mol. The molecule has 0 aliphatic carbocycles. The third-order valence-corrected chi connectivity index (χ3v) is 3.97. The average molecular weight is 292 g/mol. The maximum absolute atomic E-state index is 12.4. The molecule has 7 heteroatoms. The summed E-state index contributed by atoms with van der Waals surface area (Å²) in [5.41, 5.74) is 0.716. The Bertz CT molecular complexity index is 613. The molecule has 7 nitrogen and oxygen atoms in total. The lowest BCUT2D eigenvalue weighted by Crippen LogP contribution is -2.37. The number of hydrogen-bond donors (Lipinski definition) is 1. The van der Waals surface area contributed by atoms with Gasteiger partial charge in [-0.3, -0.25) is 19.7 Å². The van der Waals surface area contributed by atoms with E-state index in [-0.39, 0.29) is 17.6 Å². The van der Waals surface area contributed by atoms with Crippen molar-refractivity contribution in [1.82, 2.24) is 4.90 Å². The Morgan fingerprint density at radius 2 is 2.10 bits per heavy atom. The van der Waals surface area contributed by atoms with Gasteiger partial charge in [0.25, 0.3) is 11.6 Å². The van der Waals surface area contributed by atoms with Crippen LogP contribution in [0, 0.1) is 23.0 Å². The molecule has 2 rings (SSSR count). The summed E-state index contributed by atoms with van der Waals surface area (Å²) in [6, 6.07) is 3.80. The molecule has 2 unspecified atom stereocenters. The quantitative estimate of drug-likeness (QED) is 0.676. The third kappa shape index (κ3) is 2.72. The number of aryl methyl sites for hydroxylation is 1. The van der Waals surface area contributed by atoms with Crippen LogP contribution < -0.4 is 0 Å². The second-order valence-corrected chi connectivity index (χ2v) is 5.23. The lowest BCUT2D eigenvalue weighted by Gasteiger charge is -2.23. The smallest absolute Gasteiger partial charge is 0.308 e. The van der Waals surface area contributed by atoms with Crippen molar-refractivity contribution in [3.63, 3.8) is 0 Å². The van der Waals surface area contributed by atoms with E-state index in [4.69, 9.17) is 5.11 Å². The molecule has 1 aliphatic rings. The van der Waals surface area contributed by atoms with Gasteiger partial charge in [-0.2, -0.15) is 0 Å². The van der Waals surface area contributed by atoms with Crippen molar-refractivity contribution in [3.05, 3.63) is 39.4 Å². The largest absolute Gasteiger partial charge is 0.481 e. The number of carboxylic acids is 1. The Hall–Kier alpha value is -2.44. The van der Waals surface area contributed by atoms with Crippen molar-refractivity contribution in [2.24, 2.45) is 5.92 Å². The molecule has 1 N–H and O–H groups in total. The van der Waals surface area contributed by atoms with Gasteiger partial charge < -0.3 is 10.0 Å². The molecule has 1 fully saturated rings. The summed E-state index contributed by atoms with van der Waals surface area (Å²) < 4.78 is 0. The van der Waals surface area contributed by atoms with Crippen LogP contribution in [0.3, 0.4) is 0 Å². The van der Waals surface area contributed by atoms with Crippen LogP contribution in [0.15, 0.2) is 18.2 Å². The van der Waals surface area contributed by atoms with Gasteiger partial charge in [-0.1, -0.05) is 0 Å². The van der Waals surface area contributed by atoms with Crippen LogP contribution in [0.25, 0.3) is 0 Å². The van der Waals surface area contributed by atoms with Crippen molar-refractivity contribution in [3.8, 4) is 0 Å². The molecule has 0 bridgehead atoms. The summed E-state index contributed by atoms with van der Waals surface area (Å²) in [5, 5.41) is 19.9. The predicted molar refractivity (Wildman–Crippen MR) is 74.1 cm³/mol. The fraction of sp³-hybridized carbons (Fsp3) is 0.429. The van der Waals surface area contributed by atoms with Gasteiger partial charge in [-0.15, -0.1) is 0 Å². The van der Waals surface area contributed by atoms with Crippen LogP contribution in [-0.2, 0) is 4.79 Å². The van der Waals surface area contributed by atoms with E-state index in [1.165, 1.54) is 23.1 Å².